The van der Waals surface area contributed by atoms with Gasteiger partial charge in [0, 0.05) is 26.2 Å². The van der Waals surface area contributed by atoms with Crippen LogP contribution in [0.2, 0.25) is 0 Å². The summed E-state index contributed by atoms with van der Waals surface area (Å²) in [5, 5.41) is 1.74. The Kier molecular flexibility index (Phi) is 4.32. The van der Waals surface area contributed by atoms with Gasteiger partial charge < -0.3 is 9.80 Å². The minimum atomic E-state index is -3.51. The average Bonchev–Trinajstić information content (AvgIpc) is 3.04. The Morgan fingerprint density at radius 2 is 1.95 bits per heavy atom. The molecule has 22 heavy (non-hydrogen) atoms. The van der Waals surface area contributed by atoms with E-state index in [1.807, 2.05) is 6.07 Å². The van der Waals surface area contributed by atoms with Crippen LogP contribution in [0.25, 0.3) is 0 Å². The van der Waals surface area contributed by atoms with E-state index in [0.29, 0.717) is 9.90 Å². The van der Waals surface area contributed by atoms with Crippen LogP contribution < -0.4 is 9.62 Å². The first-order valence-electron chi connectivity index (χ1n) is 7.00. The second-order valence-corrected chi connectivity index (χ2v) is 8.09. The zero-order chi connectivity index (χ0) is 15.6. The van der Waals surface area contributed by atoms with Crippen molar-refractivity contribution in [3.05, 3.63) is 35.8 Å². The highest BCUT2D eigenvalue weighted by Crippen LogP contribution is 2.21. The lowest BCUT2D eigenvalue weighted by Crippen LogP contribution is -2.44. The van der Waals surface area contributed by atoms with Gasteiger partial charge in [-0.05, 0) is 30.6 Å². The van der Waals surface area contributed by atoms with Gasteiger partial charge in [-0.15, -0.1) is 11.3 Å². The quantitative estimate of drug-likeness (QED) is 0.919. The van der Waals surface area contributed by atoms with E-state index >= 15 is 0 Å². The van der Waals surface area contributed by atoms with Crippen molar-refractivity contribution in [1.29, 1.82) is 0 Å². The number of sulfonamides is 1. The third kappa shape index (κ3) is 3.40. The van der Waals surface area contributed by atoms with Crippen LogP contribution in [0.5, 0.6) is 0 Å². The first-order valence-corrected chi connectivity index (χ1v) is 9.37. The molecule has 0 atom stereocenters. The number of pyridine rings is 1. The standard InChI is InChI=1S/C14H18N4O2S2/c1-17-6-8-18(9-7-17)13-5-4-12(11-15-13)16-22(19,20)14-3-2-10-21-14/h2-5,10-11,16H,6-9H2,1H3. The molecule has 1 aliphatic rings. The van der Waals surface area contributed by atoms with Crippen molar-refractivity contribution in [3.63, 3.8) is 0 Å². The summed E-state index contributed by atoms with van der Waals surface area (Å²) in [5.74, 6) is 0.882. The van der Waals surface area contributed by atoms with E-state index < -0.39 is 10.0 Å². The molecule has 118 valence electrons. The van der Waals surface area contributed by atoms with Crippen LogP contribution >= 0.6 is 11.3 Å². The van der Waals surface area contributed by atoms with Crippen LogP contribution in [0.1, 0.15) is 0 Å². The molecule has 2 aromatic heterocycles. The third-order valence-electron chi connectivity index (χ3n) is 3.59. The molecule has 1 fully saturated rings. The monoisotopic (exact) mass is 338 g/mol. The van der Waals surface area contributed by atoms with Crippen molar-refractivity contribution in [2.75, 3.05) is 42.8 Å². The van der Waals surface area contributed by atoms with Gasteiger partial charge in [0.2, 0.25) is 0 Å². The molecule has 1 aliphatic heterocycles. The molecule has 1 N–H and O–H groups in total. The maximum Gasteiger partial charge on any atom is 0.271 e. The van der Waals surface area contributed by atoms with Crippen LogP contribution in [0.15, 0.2) is 40.1 Å². The van der Waals surface area contributed by atoms with E-state index in [1.165, 1.54) is 11.3 Å². The van der Waals surface area contributed by atoms with Crippen LogP contribution in [-0.4, -0.2) is 51.5 Å². The minimum absolute atomic E-state index is 0.302. The molecular formula is C14H18N4O2S2. The molecule has 1 saturated heterocycles. The average molecular weight is 338 g/mol. The van der Waals surface area contributed by atoms with Crippen molar-refractivity contribution in [2.24, 2.45) is 0 Å². The molecule has 0 unspecified atom stereocenters. The predicted molar refractivity (Wildman–Crippen MR) is 89.1 cm³/mol. The number of nitrogens with zero attached hydrogens (tertiary/aromatic N) is 3. The molecule has 3 heterocycles. The Morgan fingerprint density at radius 1 is 1.18 bits per heavy atom. The van der Waals surface area contributed by atoms with Crippen molar-refractivity contribution < 1.29 is 8.42 Å². The molecular weight excluding hydrogens is 320 g/mol. The fourth-order valence-electron chi connectivity index (χ4n) is 2.29. The number of piperazine rings is 1. The highest BCUT2D eigenvalue weighted by Gasteiger charge is 2.17. The predicted octanol–water partition coefficient (Wildman–Crippen LogP) is 1.70. The summed E-state index contributed by atoms with van der Waals surface area (Å²) in [6.45, 7) is 3.89. The maximum atomic E-state index is 12.1. The van der Waals surface area contributed by atoms with E-state index in [-0.39, 0.29) is 0 Å². The Hall–Kier alpha value is -1.64. The number of thiophene rings is 1. The molecule has 0 aliphatic carbocycles. The normalized spacial score (nSPS) is 16.7. The van der Waals surface area contributed by atoms with Gasteiger partial charge in [-0.25, -0.2) is 13.4 Å². The van der Waals surface area contributed by atoms with Gasteiger partial charge >= 0.3 is 0 Å². The van der Waals surface area contributed by atoms with Gasteiger partial charge in [0.15, 0.2) is 0 Å². The molecule has 0 amide bonds. The van der Waals surface area contributed by atoms with Crippen molar-refractivity contribution in [3.8, 4) is 0 Å². The van der Waals surface area contributed by atoms with Crippen molar-refractivity contribution in [2.45, 2.75) is 4.21 Å². The van der Waals surface area contributed by atoms with Crippen LogP contribution in [0.3, 0.4) is 0 Å². The Balaban J connectivity index is 1.70. The lowest BCUT2D eigenvalue weighted by atomic mass is 10.3. The number of nitrogens with one attached hydrogen (secondary N) is 1. The maximum absolute atomic E-state index is 12.1. The summed E-state index contributed by atoms with van der Waals surface area (Å²) in [4.78, 5) is 8.86. The zero-order valence-electron chi connectivity index (χ0n) is 12.3. The number of anilines is 2. The number of hydrogen-bond acceptors (Lipinski definition) is 6. The summed E-state index contributed by atoms with van der Waals surface area (Å²) in [6.07, 6.45) is 1.57. The van der Waals surface area contributed by atoms with Crippen LogP contribution in [-0.2, 0) is 10.0 Å². The molecule has 0 radical (unpaired) electrons. The van der Waals surface area contributed by atoms with Crippen molar-refractivity contribution >= 4 is 32.9 Å². The van der Waals surface area contributed by atoms with Gasteiger partial charge in [-0.3, -0.25) is 4.72 Å². The molecule has 2 aromatic rings. The van der Waals surface area contributed by atoms with E-state index in [4.69, 9.17) is 0 Å². The smallest absolute Gasteiger partial charge is 0.271 e. The van der Waals surface area contributed by atoms with Gasteiger partial charge in [-0.1, -0.05) is 6.07 Å². The highest BCUT2D eigenvalue weighted by atomic mass is 32.2. The first-order chi connectivity index (χ1) is 10.5. The van der Waals surface area contributed by atoms with E-state index in [2.05, 4.69) is 26.6 Å². The minimum Gasteiger partial charge on any atom is -0.354 e. The molecule has 0 bridgehead atoms. The molecule has 6 nitrogen and oxygen atoms in total. The van der Waals surface area contributed by atoms with E-state index in [9.17, 15) is 8.42 Å². The molecule has 3 rings (SSSR count). The second-order valence-electron chi connectivity index (χ2n) is 5.23. The number of likely N-dealkylation sites (N-methyl/N-ethyl adjacent to an activating group) is 1. The third-order valence-corrected chi connectivity index (χ3v) is 6.37. The second kappa shape index (κ2) is 6.23. The highest BCUT2D eigenvalue weighted by molar-refractivity contribution is 7.94. The number of aromatic nitrogens is 1. The Bertz CT molecular complexity index is 706. The number of rotatable bonds is 4. The summed E-state index contributed by atoms with van der Waals surface area (Å²) in [7, 11) is -1.40. The van der Waals surface area contributed by atoms with E-state index in [0.717, 1.165) is 32.0 Å². The zero-order valence-corrected chi connectivity index (χ0v) is 13.9. The molecule has 0 spiro atoms. The lowest BCUT2D eigenvalue weighted by molar-refractivity contribution is 0.312. The SMILES string of the molecule is CN1CCN(c2ccc(NS(=O)(=O)c3cccs3)cn2)CC1. The van der Waals surface area contributed by atoms with Crippen LogP contribution in [0, 0.1) is 0 Å². The molecule has 8 heteroatoms. The first kappa shape index (κ1) is 15.3. The molecule has 0 saturated carbocycles. The number of hydrogen-bond donors (Lipinski definition) is 1. The van der Waals surface area contributed by atoms with Gasteiger partial charge in [-0.2, -0.15) is 0 Å². The fourth-order valence-corrected chi connectivity index (χ4v) is 4.33. The summed E-state index contributed by atoms with van der Waals surface area (Å²) >= 11 is 1.19. The summed E-state index contributed by atoms with van der Waals surface area (Å²) in [5.41, 5.74) is 0.478. The van der Waals surface area contributed by atoms with Gasteiger partial charge in [0.05, 0.1) is 11.9 Å². The van der Waals surface area contributed by atoms with Gasteiger partial charge in [0.25, 0.3) is 10.0 Å². The van der Waals surface area contributed by atoms with Crippen LogP contribution in [0.4, 0.5) is 11.5 Å². The Labute approximate surface area is 134 Å². The Morgan fingerprint density at radius 3 is 2.55 bits per heavy atom. The van der Waals surface area contributed by atoms with Crippen molar-refractivity contribution in [1.82, 2.24) is 9.88 Å². The lowest BCUT2D eigenvalue weighted by Gasteiger charge is -2.33. The summed E-state index contributed by atoms with van der Waals surface area (Å²) in [6, 6.07) is 6.91. The summed E-state index contributed by atoms with van der Waals surface area (Å²) < 4.78 is 27.1. The topological polar surface area (TPSA) is 65.5 Å². The van der Waals surface area contributed by atoms with E-state index in [1.54, 1.807) is 29.8 Å². The fraction of sp³-hybridized carbons (Fsp3) is 0.357. The molecule has 0 aromatic carbocycles. The van der Waals surface area contributed by atoms with Gasteiger partial charge in [0.1, 0.15) is 10.0 Å². The largest absolute Gasteiger partial charge is 0.354 e.